The van der Waals surface area contributed by atoms with Crippen LogP contribution < -0.4 is 20.6 Å². The summed E-state index contributed by atoms with van der Waals surface area (Å²) in [6.45, 7) is 4.80. The summed E-state index contributed by atoms with van der Waals surface area (Å²) in [7, 11) is 0. The molecule has 0 saturated heterocycles. The van der Waals surface area contributed by atoms with Crippen LogP contribution in [-0.2, 0) is 0 Å². The molecule has 8 heteroatoms. The molecule has 2 aromatic carbocycles. The maximum Gasteiger partial charge on any atom is 0.346 e. The average Bonchev–Trinajstić information content (AvgIpc) is 2.76. The Morgan fingerprint density at radius 1 is 1.07 bits per heavy atom. The number of aromatic amines is 1. The van der Waals surface area contributed by atoms with Gasteiger partial charge in [-0.15, -0.1) is 0 Å². The minimum atomic E-state index is -0.613. The van der Waals surface area contributed by atoms with Crippen LogP contribution in [0.3, 0.4) is 0 Å². The Balaban J connectivity index is 1.74. The summed E-state index contributed by atoms with van der Waals surface area (Å²) >= 11 is 0. The molecule has 0 fully saturated rings. The Morgan fingerprint density at radius 2 is 1.80 bits per heavy atom. The summed E-state index contributed by atoms with van der Waals surface area (Å²) in [4.78, 5) is 30.6. The fourth-order valence-electron chi connectivity index (χ4n) is 2.71. The molecule has 0 atom stereocenters. The van der Waals surface area contributed by atoms with Crippen LogP contribution in [0.25, 0.3) is 11.3 Å². The molecule has 0 aliphatic carbocycles. The first-order valence-corrected chi connectivity index (χ1v) is 9.50. The van der Waals surface area contributed by atoms with E-state index in [0.29, 0.717) is 30.4 Å². The van der Waals surface area contributed by atoms with Crippen LogP contribution in [0.15, 0.2) is 64.5 Å². The summed E-state index contributed by atoms with van der Waals surface area (Å²) in [6, 6.07) is 16.0. The van der Waals surface area contributed by atoms with E-state index >= 15 is 0 Å². The van der Waals surface area contributed by atoms with Crippen molar-refractivity contribution < 1.29 is 14.3 Å². The van der Waals surface area contributed by atoms with Gasteiger partial charge in [0.05, 0.1) is 25.1 Å². The highest BCUT2D eigenvalue weighted by molar-refractivity contribution is 5.94. The number of carbonyl (C=O) groups is 1. The van der Waals surface area contributed by atoms with Crippen molar-refractivity contribution in [2.75, 3.05) is 13.2 Å². The van der Waals surface area contributed by atoms with Gasteiger partial charge in [-0.3, -0.25) is 4.79 Å². The molecule has 154 valence electrons. The first-order valence-electron chi connectivity index (χ1n) is 9.50. The van der Waals surface area contributed by atoms with Gasteiger partial charge in [0.2, 0.25) is 0 Å². The van der Waals surface area contributed by atoms with E-state index in [1.165, 1.54) is 12.3 Å². The maximum atomic E-state index is 12.4. The van der Waals surface area contributed by atoms with Crippen molar-refractivity contribution in [3.8, 4) is 22.8 Å². The van der Waals surface area contributed by atoms with Crippen LogP contribution in [0.4, 0.5) is 0 Å². The number of ether oxygens (including phenoxy) is 2. The molecule has 1 aromatic heterocycles. The monoisotopic (exact) mass is 406 g/mol. The minimum absolute atomic E-state index is 0.0627. The number of benzene rings is 2. The molecular weight excluding hydrogens is 384 g/mol. The lowest BCUT2D eigenvalue weighted by molar-refractivity contribution is 0.0949. The SMILES string of the molecule is CCOc1ccc(/C=N/NC(=O)c2cc(-c3ccccc3)nc(=O)[nH]2)cc1OCC. The number of nitrogens with one attached hydrogen (secondary N) is 2. The van der Waals surface area contributed by atoms with E-state index in [4.69, 9.17) is 9.47 Å². The molecule has 0 saturated carbocycles. The van der Waals surface area contributed by atoms with E-state index in [0.717, 1.165) is 11.1 Å². The van der Waals surface area contributed by atoms with Crippen molar-refractivity contribution >= 4 is 12.1 Å². The molecule has 1 heterocycles. The highest BCUT2D eigenvalue weighted by Gasteiger charge is 2.10. The van der Waals surface area contributed by atoms with Crippen molar-refractivity contribution in [3.63, 3.8) is 0 Å². The van der Waals surface area contributed by atoms with Crippen molar-refractivity contribution in [2.45, 2.75) is 13.8 Å². The lowest BCUT2D eigenvalue weighted by Gasteiger charge is -2.11. The highest BCUT2D eigenvalue weighted by Crippen LogP contribution is 2.28. The number of carbonyl (C=O) groups excluding carboxylic acids is 1. The van der Waals surface area contributed by atoms with Gasteiger partial charge in [0.25, 0.3) is 5.91 Å². The van der Waals surface area contributed by atoms with Crippen LogP contribution in [0.2, 0.25) is 0 Å². The van der Waals surface area contributed by atoms with Crippen LogP contribution in [0, 0.1) is 0 Å². The number of hydrogen-bond acceptors (Lipinski definition) is 6. The first kappa shape index (κ1) is 20.8. The Kier molecular flexibility index (Phi) is 6.94. The number of nitrogens with zero attached hydrogens (tertiary/aromatic N) is 2. The molecule has 0 aliphatic heterocycles. The molecule has 0 unspecified atom stereocenters. The highest BCUT2D eigenvalue weighted by atomic mass is 16.5. The van der Waals surface area contributed by atoms with Gasteiger partial charge in [0.15, 0.2) is 11.5 Å². The standard InChI is InChI=1S/C22H22N4O4/c1-3-29-19-11-10-15(12-20(19)30-4-2)14-23-26-21(27)18-13-17(24-22(28)25-18)16-8-6-5-7-9-16/h5-14H,3-4H2,1-2H3,(H,26,27)(H,24,25,28)/b23-14+. The third-order valence-corrected chi connectivity index (χ3v) is 4.01. The van der Waals surface area contributed by atoms with E-state index in [2.05, 4.69) is 20.5 Å². The molecule has 3 rings (SSSR count). The fraction of sp³-hybridized carbons (Fsp3) is 0.182. The maximum absolute atomic E-state index is 12.4. The van der Waals surface area contributed by atoms with Gasteiger partial charge < -0.3 is 14.5 Å². The van der Waals surface area contributed by atoms with Gasteiger partial charge in [-0.25, -0.2) is 10.2 Å². The fourth-order valence-corrected chi connectivity index (χ4v) is 2.71. The predicted molar refractivity (Wildman–Crippen MR) is 114 cm³/mol. The summed E-state index contributed by atoms with van der Waals surface area (Å²) in [5.74, 6) is 0.683. The van der Waals surface area contributed by atoms with Crippen molar-refractivity contribution in [3.05, 3.63) is 76.3 Å². The topological polar surface area (TPSA) is 106 Å². The minimum Gasteiger partial charge on any atom is -0.490 e. The first-order chi connectivity index (χ1) is 14.6. The van der Waals surface area contributed by atoms with Gasteiger partial charge in [-0.1, -0.05) is 30.3 Å². The van der Waals surface area contributed by atoms with Crippen LogP contribution in [0.5, 0.6) is 11.5 Å². The van der Waals surface area contributed by atoms with Crippen LogP contribution in [-0.4, -0.2) is 35.3 Å². The number of rotatable bonds is 8. The number of hydrazone groups is 1. The molecule has 3 aromatic rings. The third-order valence-electron chi connectivity index (χ3n) is 4.01. The van der Waals surface area contributed by atoms with Crippen molar-refractivity contribution in [2.24, 2.45) is 5.10 Å². The molecular formula is C22H22N4O4. The molecule has 0 spiro atoms. The number of amides is 1. The summed E-state index contributed by atoms with van der Waals surface area (Å²) in [6.07, 6.45) is 1.48. The van der Waals surface area contributed by atoms with Crippen LogP contribution in [0.1, 0.15) is 29.9 Å². The smallest absolute Gasteiger partial charge is 0.346 e. The third kappa shape index (κ3) is 5.32. The molecule has 2 N–H and O–H groups in total. The second-order valence-corrected chi connectivity index (χ2v) is 6.12. The quantitative estimate of drug-likeness (QED) is 0.442. The lowest BCUT2D eigenvalue weighted by Crippen LogP contribution is -2.24. The van der Waals surface area contributed by atoms with E-state index in [1.54, 1.807) is 18.2 Å². The summed E-state index contributed by atoms with van der Waals surface area (Å²) in [5.41, 5.74) is 3.71. The van der Waals surface area contributed by atoms with Gasteiger partial charge in [0, 0.05) is 5.56 Å². The van der Waals surface area contributed by atoms with Gasteiger partial charge in [-0.05, 0) is 43.7 Å². The van der Waals surface area contributed by atoms with Gasteiger partial charge in [0.1, 0.15) is 5.69 Å². The van der Waals surface area contributed by atoms with Crippen LogP contribution >= 0.6 is 0 Å². The van der Waals surface area contributed by atoms with E-state index in [9.17, 15) is 9.59 Å². The Hall–Kier alpha value is -3.94. The Bertz CT molecular complexity index is 1090. The molecule has 0 aliphatic rings. The Labute approximate surface area is 173 Å². The van der Waals surface area contributed by atoms with Crippen molar-refractivity contribution in [1.29, 1.82) is 0 Å². The predicted octanol–water partition coefficient (Wildman–Crippen LogP) is 3.00. The molecule has 0 radical (unpaired) electrons. The van der Waals surface area contributed by atoms with Gasteiger partial charge in [-0.2, -0.15) is 10.1 Å². The number of aromatic nitrogens is 2. The van der Waals surface area contributed by atoms with Gasteiger partial charge >= 0.3 is 5.69 Å². The molecule has 0 bridgehead atoms. The normalized spacial score (nSPS) is 10.7. The van der Waals surface area contributed by atoms with Crippen molar-refractivity contribution in [1.82, 2.24) is 15.4 Å². The Morgan fingerprint density at radius 3 is 2.53 bits per heavy atom. The van der Waals surface area contributed by atoms with E-state index in [-0.39, 0.29) is 5.69 Å². The average molecular weight is 406 g/mol. The lowest BCUT2D eigenvalue weighted by atomic mass is 10.1. The largest absolute Gasteiger partial charge is 0.490 e. The van der Waals surface area contributed by atoms with E-state index in [1.807, 2.05) is 44.2 Å². The molecule has 1 amide bonds. The number of hydrogen-bond donors (Lipinski definition) is 2. The number of H-pyrrole nitrogens is 1. The summed E-state index contributed by atoms with van der Waals surface area (Å²) < 4.78 is 11.1. The molecule has 8 nitrogen and oxygen atoms in total. The zero-order valence-corrected chi connectivity index (χ0v) is 16.7. The molecule has 30 heavy (non-hydrogen) atoms. The zero-order chi connectivity index (χ0) is 21.3. The van der Waals surface area contributed by atoms with E-state index < -0.39 is 11.6 Å². The summed E-state index contributed by atoms with van der Waals surface area (Å²) in [5, 5.41) is 3.96. The second kappa shape index (κ2) is 10.0. The second-order valence-electron chi connectivity index (χ2n) is 6.12. The zero-order valence-electron chi connectivity index (χ0n) is 16.7.